The molecule has 0 unspecified atom stereocenters. The first-order valence-electron chi connectivity index (χ1n) is 5.55. The van der Waals surface area contributed by atoms with E-state index in [4.69, 9.17) is 0 Å². The van der Waals surface area contributed by atoms with Crippen LogP contribution in [-0.4, -0.2) is 15.8 Å². The third-order valence-electron chi connectivity index (χ3n) is 2.27. The van der Waals surface area contributed by atoms with Crippen molar-refractivity contribution < 1.29 is 0 Å². The Morgan fingerprint density at radius 3 is 2.50 bits per heavy atom. The van der Waals surface area contributed by atoms with Crippen molar-refractivity contribution in [1.82, 2.24) is 9.78 Å². The predicted octanol–water partition coefficient (Wildman–Crippen LogP) is 3.00. The summed E-state index contributed by atoms with van der Waals surface area (Å²) in [7, 11) is 0. The van der Waals surface area contributed by atoms with Crippen LogP contribution in [0.15, 0.2) is 36.4 Å². The SMILES string of the molecule is Cc1cc(NC(C)C)n(-c2ccccc2)n1. The molecule has 3 heteroatoms. The Morgan fingerprint density at radius 2 is 1.88 bits per heavy atom. The fourth-order valence-electron chi connectivity index (χ4n) is 1.66. The molecule has 16 heavy (non-hydrogen) atoms. The molecule has 0 spiro atoms. The minimum atomic E-state index is 0.401. The van der Waals surface area contributed by atoms with Crippen LogP contribution in [0.4, 0.5) is 5.82 Å². The molecule has 2 aromatic rings. The highest BCUT2D eigenvalue weighted by Gasteiger charge is 2.07. The van der Waals surface area contributed by atoms with Gasteiger partial charge in [-0.25, -0.2) is 4.68 Å². The second-order valence-electron chi connectivity index (χ2n) is 4.22. The summed E-state index contributed by atoms with van der Waals surface area (Å²) >= 11 is 0. The third kappa shape index (κ3) is 2.24. The first kappa shape index (κ1) is 10.7. The van der Waals surface area contributed by atoms with Gasteiger partial charge < -0.3 is 5.32 Å². The minimum absolute atomic E-state index is 0.401. The first-order chi connectivity index (χ1) is 7.66. The monoisotopic (exact) mass is 215 g/mol. The van der Waals surface area contributed by atoms with E-state index in [-0.39, 0.29) is 0 Å². The Morgan fingerprint density at radius 1 is 1.19 bits per heavy atom. The summed E-state index contributed by atoms with van der Waals surface area (Å²) in [6.45, 7) is 6.25. The number of hydrogen-bond donors (Lipinski definition) is 1. The second-order valence-corrected chi connectivity index (χ2v) is 4.22. The molecule has 0 bridgehead atoms. The average Bonchev–Trinajstić information content (AvgIpc) is 2.60. The van der Waals surface area contributed by atoms with E-state index in [1.54, 1.807) is 0 Å². The van der Waals surface area contributed by atoms with Gasteiger partial charge in [0.2, 0.25) is 0 Å². The van der Waals surface area contributed by atoms with E-state index >= 15 is 0 Å². The van der Waals surface area contributed by atoms with Crippen molar-refractivity contribution in [2.75, 3.05) is 5.32 Å². The number of hydrogen-bond acceptors (Lipinski definition) is 2. The normalized spacial score (nSPS) is 10.8. The van der Waals surface area contributed by atoms with Crippen LogP contribution < -0.4 is 5.32 Å². The van der Waals surface area contributed by atoms with Gasteiger partial charge in [-0.3, -0.25) is 0 Å². The molecule has 0 radical (unpaired) electrons. The molecule has 1 N–H and O–H groups in total. The summed E-state index contributed by atoms with van der Waals surface area (Å²) in [5.74, 6) is 1.04. The molecule has 0 aliphatic rings. The van der Waals surface area contributed by atoms with Crippen LogP contribution >= 0.6 is 0 Å². The molecule has 1 aromatic carbocycles. The number of aromatic nitrogens is 2. The maximum atomic E-state index is 4.49. The van der Waals surface area contributed by atoms with Crippen molar-refractivity contribution in [2.45, 2.75) is 26.8 Å². The number of nitrogens with one attached hydrogen (secondary N) is 1. The molecule has 0 saturated heterocycles. The van der Waals surface area contributed by atoms with Gasteiger partial charge in [0, 0.05) is 12.1 Å². The van der Waals surface area contributed by atoms with Crippen molar-refractivity contribution in [3.63, 3.8) is 0 Å². The molecule has 2 rings (SSSR count). The van der Waals surface area contributed by atoms with Gasteiger partial charge in [0.1, 0.15) is 5.82 Å². The van der Waals surface area contributed by atoms with E-state index in [0.717, 1.165) is 17.2 Å². The highest BCUT2D eigenvalue weighted by Crippen LogP contribution is 2.17. The van der Waals surface area contributed by atoms with Crippen LogP contribution in [-0.2, 0) is 0 Å². The molecule has 84 valence electrons. The molecule has 1 heterocycles. The number of para-hydroxylation sites is 1. The lowest BCUT2D eigenvalue weighted by molar-refractivity contribution is 0.824. The summed E-state index contributed by atoms with van der Waals surface area (Å²) in [6, 6.07) is 12.6. The Bertz CT molecular complexity index is 457. The Labute approximate surface area is 96.1 Å². The second kappa shape index (κ2) is 4.39. The Balaban J connectivity index is 2.40. The molecule has 0 atom stereocenters. The standard InChI is InChI=1S/C13H17N3/c1-10(2)14-13-9-11(3)15-16(13)12-7-5-4-6-8-12/h4-10,14H,1-3H3. The first-order valence-corrected chi connectivity index (χ1v) is 5.55. The molecule has 1 aromatic heterocycles. The fourth-order valence-corrected chi connectivity index (χ4v) is 1.66. The zero-order chi connectivity index (χ0) is 11.5. The molecule has 0 amide bonds. The Hall–Kier alpha value is -1.77. The van der Waals surface area contributed by atoms with Gasteiger partial charge in [-0.2, -0.15) is 5.10 Å². The van der Waals surface area contributed by atoms with Crippen LogP contribution in [0, 0.1) is 6.92 Å². The van der Waals surface area contributed by atoms with E-state index < -0.39 is 0 Å². The van der Waals surface area contributed by atoms with E-state index in [9.17, 15) is 0 Å². The van der Waals surface area contributed by atoms with Crippen molar-refractivity contribution in [2.24, 2.45) is 0 Å². The van der Waals surface area contributed by atoms with Gasteiger partial charge in [-0.05, 0) is 32.9 Å². The number of aryl methyl sites for hydroxylation is 1. The zero-order valence-electron chi connectivity index (χ0n) is 9.94. The summed E-state index contributed by atoms with van der Waals surface area (Å²) in [6.07, 6.45) is 0. The fraction of sp³-hybridized carbons (Fsp3) is 0.308. The number of nitrogens with zero attached hydrogens (tertiary/aromatic N) is 2. The van der Waals surface area contributed by atoms with Crippen LogP contribution in [0.2, 0.25) is 0 Å². The van der Waals surface area contributed by atoms with Crippen molar-refractivity contribution in [3.05, 3.63) is 42.1 Å². The Kier molecular flexibility index (Phi) is 2.95. The molecule has 0 aliphatic carbocycles. The van der Waals surface area contributed by atoms with Crippen LogP contribution in [0.5, 0.6) is 0 Å². The lowest BCUT2D eigenvalue weighted by Gasteiger charge is -2.12. The van der Waals surface area contributed by atoms with Gasteiger partial charge in [-0.1, -0.05) is 18.2 Å². The number of anilines is 1. The van der Waals surface area contributed by atoms with E-state index in [1.807, 2.05) is 29.8 Å². The molecular weight excluding hydrogens is 198 g/mol. The van der Waals surface area contributed by atoms with Gasteiger partial charge in [-0.15, -0.1) is 0 Å². The van der Waals surface area contributed by atoms with Crippen molar-refractivity contribution >= 4 is 5.82 Å². The van der Waals surface area contributed by atoms with Crippen LogP contribution in [0.25, 0.3) is 5.69 Å². The van der Waals surface area contributed by atoms with Gasteiger partial charge >= 0.3 is 0 Å². The zero-order valence-corrected chi connectivity index (χ0v) is 9.94. The summed E-state index contributed by atoms with van der Waals surface area (Å²) in [4.78, 5) is 0. The maximum absolute atomic E-state index is 4.49. The van der Waals surface area contributed by atoms with E-state index in [1.165, 1.54) is 0 Å². The summed E-state index contributed by atoms with van der Waals surface area (Å²) in [5.41, 5.74) is 2.10. The molecule has 0 aliphatic heterocycles. The van der Waals surface area contributed by atoms with Gasteiger partial charge in [0.25, 0.3) is 0 Å². The van der Waals surface area contributed by atoms with Crippen molar-refractivity contribution in [3.8, 4) is 5.69 Å². The quantitative estimate of drug-likeness (QED) is 0.853. The summed E-state index contributed by atoms with van der Waals surface area (Å²) < 4.78 is 1.94. The van der Waals surface area contributed by atoms with E-state index in [0.29, 0.717) is 6.04 Å². The lowest BCUT2D eigenvalue weighted by Crippen LogP contribution is -2.13. The lowest BCUT2D eigenvalue weighted by atomic mass is 10.3. The smallest absolute Gasteiger partial charge is 0.130 e. The van der Waals surface area contributed by atoms with E-state index in [2.05, 4.69) is 42.5 Å². The maximum Gasteiger partial charge on any atom is 0.130 e. The van der Waals surface area contributed by atoms with Crippen molar-refractivity contribution in [1.29, 1.82) is 0 Å². The summed E-state index contributed by atoms with van der Waals surface area (Å²) in [5, 5.41) is 7.88. The molecule has 0 saturated carbocycles. The highest BCUT2D eigenvalue weighted by atomic mass is 15.3. The number of rotatable bonds is 3. The topological polar surface area (TPSA) is 29.9 Å². The van der Waals surface area contributed by atoms with Crippen LogP contribution in [0.3, 0.4) is 0 Å². The van der Waals surface area contributed by atoms with Gasteiger partial charge in [0.05, 0.1) is 11.4 Å². The molecule has 3 nitrogen and oxygen atoms in total. The molecular formula is C13H17N3. The number of benzene rings is 1. The predicted molar refractivity (Wildman–Crippen MR) is 67.1 cm³/mol. The highest BCUT2D eigenvalue weighted by molar-refractivity contribution is 5.46. The third-order valence-corrected chi connectivity index (χ3v) is 2.27. The van der Waals surface area contributed by atoms with Gasteiger partial charge in [0.15, 0.2) is 0 Å². The van der Waals surface area contributed by atoms with Crippen LogP contribution in [0.1, 0.15) is 19.5 Å². The largest absolute Gasteiger partial charge is 0.368 e. The minimum Gasteiger partial charge on any atom is -0.368 e. The molecule has 0 fully saturated rings. The average molecular weight is 215 g/mol.